The van der Waals surface area contributed by atoms with Gasteiger partial charge in [-0.1, -0.05) is 0 Å². The van der Waals surface area contributed by atoms with Crippen molar-refractivity contribution in [1.82, 2.24) is 24.8 Å². The largest absolute Gasteiger partial charge is 0.376 e. The summed E-state index contributed by atoms with van der Waals surface area (Å²) in [7, 11) is 0. The van der Waals surface area contributed by atoms with Crippen molar-refractivity contribution >= 4 is 17.2 Å². The van der Waals surface area contributed by atoms with Gasteiger partial charge in [-0.2, -0.15) is 0 Å². The van der Waals surface area contributed by atoms with Crippen molar-refractivity contribution in [1.29, 1.82) is 0 Å². The molecule has 1 spiro atoms. The molecule has 5 rings (SSSR count). The molecule has 0 saturated carbocycles. The first-order chi connectivity index (χ1) is 14.2. The van der Waals surface area contributed by atoms with E-state index >= 15 is 0 Å². The van der Waals surface area contributed by atoms with Crippen LogP contribution >= 0.6 is 11.3 Å². The minimum absolute atomic E-state index is 0.0514. The van der Waals surface area contributed by atoms with Gasteiger partial charge in [0.05, 0.1) is 19.2 Å². The molecule has 1 N–H and O–H groups in total. The zero-order valence-corrected chi connectivity index (χ0v) is 17.3. The highest BCUT2D eigenvalue weighted by molar-refractivity contribution is 7.09. The van der Waals surface area contributed by atoms with Crippen molar-refractivity contribution in [2.24, 2.45) is 0 Å². The Kier molecular flexibility index (Phi) is 5.38. The number of carbonyl (C=O) groups excluding carboxylic acids is 1. The molecule has 9 heteroatoms. The van der Waals surface area contributed by atoms with Crippen LogP contribution in [0.1, 0.15) is 36.5 Å². The molecule has 2 saturated heterocycles. The van der Waals surface area contributed by atoms with Crippen LogP contribution in [-0.2, 0) is 33.0 Å². The van der Waals surface area contributed by atoms with Crippen LogP contribution in [0.5, 0.6) is 0 Å². The Morgan fingerprint density at radius 1 is 1.31 bits per heavy atom. The van der Waals surface area contributed by atoms with Gasteiger partial charge in [0.1, 0.15) is 16.4 Å². The topological polar surface area (TPSA) is 81.5 Å². The number of thiazole rings is 1. The summed E-state index contributed by atoms with van der Waals surface area (Å²) in [5, 5.41) is 6.19. The fourth-order valence-electron chi connectivity index (χ4n) is 4.60. The number of imidazole rings is 1. The summed E-state index contributed by atoms with van der Waals surface area (Å²) in [6, 6.07) is 0. The monoisotopic (exact) mass is 417 g/mol. The molecule has 0 aromatic carbocycles. The fourth-order valence-corrected chi connectivity index (χ4v) is 5.26. The van der Waals surface area contributed by atoms with Gasteiger partial charge in [0.2, 0.25) is 0 Å². The van der Waals surface area contributed by atoms with Crippen LogP contribution in [0.2, 0.25) is 0 Å². The molecule has 156 valence electrons. The van der Waals surface area contributed by atoms with E-state index in [0.29, 0.717) is 13.1 Å². The number of hydrogen-bond acceptors (Lipinski definition) is 7. The number of amides is 1. The number of hydrogen-bond donors (Lipinski definition) is 1. The lowest BCUT2D eigenvalue weighted by molar-refractivity contribution is -0.174. The molecule has 0 radical (unpaired) electrons. The number of ether oxygens (including phenoxy) is 2. The van der Waals surface area contributed by atoms with Crippen molar-refractivity contribution in [3.63, 3.8) is 0 Å². The van der Waals surface area contributed by atoms with Gasteiger partial charge in [0.15, 0.2) is 6.10 Å². The molecule has 2 aromatic heterocycles. The lowest BCUT2D eigenvalue weighted by atomic mass is 9.88. The quantitative estimate of drug-likeness (QED) is 0.795. The van der Waals surface area contributed by atoms with Crippen LogP contribution in [0.4, 0.5) is 0 Å². The van der Waals surface area contributed by atoms with Crippen LogP contribution < -0.4 is 5.32 Å². The number of likely N-dealkylation sites (tertiary alicyclic amines) is 1. The summed E-state index contributed by atoms with van der Waals surface area (Å²) in [5.74, 6) is 0.902. The highest BCUT2D eigenvalue weighted by atomic mass is 32.1. The second-order valence-corrected chi connectivity index (χ2v) is 9.07. The number of aromatic nitrogens is 3. The number of rotatable bonds is 5. The van der Waals surface area contributed by atoms with E-state index in [2.05, 4.69) is 24.8 Å². The zero-order chi connectivity index (χ0) is 19.7. The standard InChI is InChI=1S/C20H27N5O3S/c26-18(23-12-15-2-1-10-27-15)16-13-25-9-5-22-19(25)20(28-16)3-7-24(8-4-20)14-17-21-6-11-29-17/h5-6,9,11,15-16H,1-4,7-8,10,12-14H2,(H,23,26)/t15-,16+/m0/s1. The molecule has 5 heterocycles. The van der Waals surface area contributed by atoms with Gasteiger partial charge in [-0.25, -0.2) is 9.97 Å². The molecule has 2 fully saturated rings. The third-order valence-corrected chi connectivity index (χ3v) is 6.94. The van der Waals surface area contributed by atoms with Crippen molar-refractivity contribution in [2.75, 3.05) is 26.2 Å². The third kappa shape index (κ3) is 3.96. The second-order valence-electron chi connectivity index (χ2n) is 8.09. The van der Waals surface area contributed by atoms with E-state index in [9.17, 15) is 4.79 Å². The van der Waals surface area contributed by atoms with E-state index in [0.717, 1.165) is 62.8 Å². The zero-order valence-electron chi connectivity index (χ0n) is 16.5. The molecule has 1 amide bonds. The van der Waals surface area contributed by atoms with Gasteiger partial charge in [0.25, 0.3) is 5.91 Å². The SMILES string of the molecule is O=C(NC[C@@H]1CCCO1)[C@H]1Cn2ccnc2C2(CCN(Cc3nccs3)CC2)O1. The van der Waals surface area contributed by atoms with E-state index in [1.165, 1.54) is 0 Å². The maximum atomic E-state index is 12.8. The van der Waals surface area contributed by atoms with Gasteiger partial charge in [-0.15, -0.1) is 11.3 Å². The summed E-state index contributed by atoms with van der Waals surface area (Å²) < 4.78 is 14.2. The Morgan fingerprint density at radius 2 is 2.21 bits per heavy atom. The minimum atomic E-state index is -0.497. The molecule has 0 bridgehead atoms. The Hall–Kier alpha value is -1.81. The molecule has 0 aliphatic carbocycles. The van der Waals surface area contributed by atoms with E-state index in [1.54, 1.807) is 11.3 Å². The second kappa shape index (κ2) is 8.14. The summed E-state index contributed by atoms with van der Waals surface area (Å²) >= 11 is 1.69. The highest BCUT2D eigenvalue weighted by Gasteiger charge is 2.47. The number of piperidine rings is 1. The molecular weight excluding hydrogens is 390 g/mol. The average Bonchev–Trinajstić information content (AvgIpc) is 3.50. The van der Waals surface area contributed by atoms with Crippen molar-refractivity contribution in [3.8, 4) is 0 Å². The number of nitrogens with one attached hydrogen (secondary N) is 1. The van der Waals surface area contributed by atoms with Crippen molar-refractivity contribution in [3.05, 3.63) is 34.8 Å². The van der Waals surface area contributed by atoms with Crippen LogP contribution in [0, 0.1) is 0 Å². The van der Waals surface area contributed by atoms with Gasteiger partial charge < -0.3 is 19.4 Å². The molecule has 8 nitrogen and oxygen atoms in total. The van der Waals surface area contributed by atoms with Crippen molar-refractivity contribution < 1.29 is 14.3 Å². The van der Waals surface area contributed by atoms with Gasteiger partial charge >= 0.3 is 0 Å². The molecule has 2 atom stereocenters. The Bertz CT molecular complexity index is 825. The molecule has 0 unspecified atom stereocenters. The molecule has 2 aromatic rings. The van der Waals surface area contributed by atoms with Crippen LogP contribution in [0.25, 0.3) is 0 Å². The van der Waals surface area contributed by atoms with Crippen molar-refractivity contribution in [2.45, 2.75) is 56.6 Å². The Balaban J connectivity index is 1.25. The number of nitrogens with zero attached hydrogens (tertiary/aromatic N) is 4. The summed E-state index contributed by atoms with van der Waals surface area (Å²) in [6.45, 7) is 4.53. The van der Waals surface area contributed by atoms with E-state index in [-0.39, 0.29) is 12.0 Å². The normalized spacial score (nSPS) is 26.5. The molecule has 3 aliphatic rings. The fraction of sp³-hybridized carbons (Fsp3) is 0.650. The molecule has 3 aliphatic heterocycles. The van der Waals surface area contributed by atoms with Gasteiger partial charge in [-0.05, 0) is 25.7 Å². The highest BCUT2D eigenvalue weighted by Crippen LogP contribution is 2.40. The lowest BCUT2D eigenvalue weighted by Gasteiger charge is -2.45. The first kappa shape index (κ1) is 19.2. The van der Waals surface area contributed by atoms with Gasteiger partial charge in [-0.3, -0.25) is 9.69 Å². The smallest absolute Gasteiger partial charge is 0.251 e. The molecular formula is C20H27N5O3S. The minimum Gasteiger partial charge on any atom is -0.376 e. The first-order valence-corrected chi connectivity index (χ1v) is 11.3. The summed E-state index contributed by atoms with van der Waals surface area (Å²) in [6.07, 6.45) is 8.99. The Morgan fingerprint density at radius 3 is 2.97 bits per heavy atom. The number of carbonyl (C=O) groups is 1. The predicted molar refractivity (Wildman–Crippen MR) is 107 cm³/mol. The maximum Gasteiger partial charge on any atom is 0.251 e. The average molecular weight is 418 g/mol. The van der Waals surface area contributed by atoms with Crippen LogP contribution in [0.3, 0.4) is 0 Å². The maximum absolute atomic E-state index is 12.8. The van der Waals surface area contributed by atoms with E-state index < -0.39 is 11.7 Å². The summed E-state index contributed by atoms with van der Waals surface area (Å²) in [4.78, 5) is 24.2. The Labute approximate surface area is 174 Å². The predicted octanol–water partition coefficient (Wildman–Crippen LogP) is 1.52. The third-order valence-electron chi connectivity index (χ3n) is 6.18. The first-order valence-electron chi connectivity index (χ1n) is 10.4. The summed E-state index contributed by atoms with van der Waals surface area (Å²) in [5.41, 5.74) is -0.493. The van der Waals surface area contributed by atoms with E-state index in [4.69, 9.17) is 9.47 Å². The lowest BCUT2D eigenvalue weighted by Crippen LogP contribution is -2.54. The van der Waals surface area contributed by atoms with Crippen LogP contribution in [0.15, 0.2) is 24.0 Å². The number of fused-ring (bicyclic) bond motifs is 2. The van der Waals surface area contributed by atoms with Gasteiger partial charge in [0, 0.05) is 50.2 Å². The van der Waals surface area contributed by atoms with E-state index in [1.807, 2.05) is 24.0 Å². The molecule has 29 heavy (non-hydrogen) atoms. The van der Waals surface area contributed by atoms with Crippen LogP contribution in [-0.4, -0.2) is 63.8 Å².